The topological polar surface area (TPSA) is 87.7 Å². The SMILES string of the molecule is Cc1cccc(C)c1C(C(=O)NC(C)(C)C)N(C(=O)CNC(=O)OC(C)(C)C)C1CCC1. The lowest BCUT2D eigenvalue weighted by molar-refractivity contribution is -0.145. The molecule has 1 aromatic rings. The van der Waals surface area contributed by atoms with Gasteiger partial charge in [0.15, 0.2) is 0 Å². The van der Waals surface area contributed by atoms with Crippen LogP contribution in [-0.4, -0.2) is 46.5 Å². The summed E-state index contributed by atoms with van der Waals surface area (Å²) >= 11 is 0. The van der Waals surface area contributed by atoms with Crippen LogP contribution in [0.5, 0.6) is 0 Å². The van der Waals surface area contributed by atoms with E-state index in [0.717, 1.165) is 36.0 Å². The Morgan fingerprint density at radius 3 is 2.06 bits per heavy atom. The zero-order chi connectivity index (χ0) is 24.3. The van der Waals surface area contributed by atoms with E-state index < -0.39 is 23.3 Å². The van der Waals surface area contributed by atoms with Crippen LogP contribution in [0.25, 0.3) is 0 Å². The van der Waals surface area contributed by atoms with Crippen LogP contribution < -0.4 is 10.6 Å². The summed E-state index contributed by atoms with van der Waals surface area (Å²) < 4.78 is 5.27. The van der Waals surface area contributed by atoms with E-state index in [1.165, 1.54) is 0 Å². The number of amides is 3. The molecule has 178 valence electrons. The van der Waals surface area contributed by atoms with Crippen molar-refractivity contribution in [3.63, 3.8) is 0 Å². The molecule has 0 bridgehead atoms. The number of rotatable bonds is 6. The van der Waals surface area contributed by atoms with Gasteiger partial charge in [-0.15, -0.1) is 0 Å². The highest BCUT2D eigenvalue weighted by atomic mass is 16.6. The molecule has 1 unspecified atom stereocenters. The number of alkyl carbamates (subject to hydrolysis) is 1. The van der Waals surface area contributed by atoms with Crippen molar-refractivity contribution in [2.24, 2.45) is 0 Å². The van der Waals surface area contributed by atoms with Gasteiger partial charge in [0.25, 0.3) is 0 Å². The van der Waals surface area contributed by atoms with Crippen molar-refractivity contribution < 1.29 is 19.1 Å². The summed E-state index contributed by atoms with van der Waals surface area (Å²) in [5.41, 5.74) is 1.64. The summed E-state index contributed by atoms with van der Waals surface area (Å²) in [4.78, 5) is 40.8. The van der Waals surface area contributed by atoms with Crippen LogP contribution >= 0.6 is 0 Å². The second kappa shape index (κ2) is 9.92. The molecule has 2 rings (SSSR count). The van der Waals surface area contributed by atoms with E-state index in [4.69, 9.17) is 4.74 Å². The molecular weight excluding hydrogens is 406 g/mol. The molecule has 7 heteroatoms. The predicted molar refractivity (Wildman–Crippen MR) is 125 cm³/mol. The number of benzene rings is 1. The Bertz CT molecular complexity index is 827. The van der Waals surface area contributed by atoms with Gasteiger partial charge in [0.1, 0.15) is 18.2 Å². The fourth-order valence-corrected chi connectivity index (χ4v) is 3.87. The molecule has 2 N–H and O–H groups in total. The smallest absolute Gasteiger partial charge is 0.408 e. The largest absolute Gasteiger partial charge is 0.444 e. The van der Waals surface area contributed by atoms with Crippen molar-refractivity contribution in [1.82, 2.24) is 15.5 Å². The van der Waals surface area contributed by atoms with Crippen LogP contribution in [0.2, 0.25) is 0 Å². The Hall–Kier alpha value is -2.57. The van der Waals surface area contributed by atoms with E-state index in [0.29, 0.717) is 0 Å². The summed E-state index contributed by atoms with van der Waals surface area (Å²) in [5, 5.41) is 5.62. The lowest BCUT2D eigenvalue weighted by Gasteiger charge is -2.43. The average Bonchev–Trinajstić information content (AvgIpc) is 2.56. The van der Waals surface area contributed by atoms with Crippen molar-refractivity contribution >= 4 is 17.9 Å². The molecule has 32 heavy (non-hydrogen) atoms. The molecule has 0 heterocycles. The number of nitrogens with one attached hydrogen (secondary N) is 2. The van der Waals surface area contributed by atoms with E-state index in [-0.39, 0.29) is 24.4 Å². The van der Waals surface area contributed by atoms with Crippen molar-refractivity contribution in [2.45, 2.75) is 97.9 Å². The first kappa shape index (κ1) is 25.7. The Balaban J connectivity index is 2.40. The highest BCUT2D eigenvalue weighted by Crippen LogP contribution is 2.35. The summed E-state index contributed by atoms with van der Waals surface area (Å²) in [7, 11) is 0. The lowest BCUT2D eigenvalue weighted by Crippen LogP contribution is -2.56. The minimum Gasteiger partial charge on any atom is -0.444 e. The van der Waals surface area contributed by atoms with Gasteiger partial charge in [0.05, 0.1) is 0 Å². The zero-order valence-corrected chi connectivity index (χ0v) is 20.8. The van der Waals surface area contributed by atoms with Gasteiger partial charge in [0, 0.05) is 11.6 Å². The van der Waals surface area contributed by atoms with Gasteiger partial charge >= 0.3 is 6.09 Å². The maximum atomic E-state index is 13.6. The van der Waals surface area contributed by atoms with Crippen LogP contribution in [0, 0.1) is 13.8 Å². The number of ether oxygens (including phenoxy) is 1. The van der Waals surface area contributed by atoms with E-state index in [9.17, 15) is 14.4 Å². The normalized spacial score (nSPS) is 15.4. The second-order valence-electron chi connectivity index (χ2n) is 10.7. The van der Waals surface area contributed by atoms with Crippen molar-refractivity contribution in [3.05, 3.63) is 34.9 Å². The summed E-state index contributed by atoms with van der Waals surface area (Å²) in [6.45, 7) is 14.8. The third kappa shape index (κ3) is 6.97. The molecule has 1 aliphatic carbocycles. The maximum Gasteiger partial charge on any atom is 0.408 e. The van der Waals surface area contributed by atoms with Crippen molar-refractivity contribution in [1.29, 1.82) is 0 Å². The van der Waals surface area contributed by atoms with Gasteiger partial charge in [-0.2, -0.15) is 0 Å². The predicted octanol–water partition coefficient (Wildman–Crippen LogP) is 4.17. The Kier molecular flexibility index (Phi) is 7.97. The van der Waals surface area contributed by atoms with Crippen molar-refractivity contribution in [3.8, 4) is 0 Å². The fraction of sp³-hybridized carbons (Fsp3) is 0.640. The maximum absolute atomic E-state index is 13.6. The van der Waals surface area contributed by atoms with E-state index >= 15 is 0 Å². The molecule has 1 aliphatic rings. The van der Waals surface area contributed by atoms with Gasteiger partial charge in [-0.25, -0.2) is 4.79 Å². The van der Waals surface area contributed by atoms with Crippen LogP contribution in [0.3, 0.4) is 0 Å². The van der Waals surface area contributed by atoms with Crippen LogP contribution in [0.15, 0.2) is 18.2 Å². The number of carbonyl (C=O) groups excluding carboxylic acids is 3. The van der Waals surface area contributed by atoms with Crippen molar-refractivity contribution in [2.75, 3.05) is 6.54 Å². The molecule has 0 aromatic heterocycles. The molecule has 1 aromatic carbocycles. The number of carbonyl (C=O) groups is 3. The lowest BCUT2D eigenvalue weighted by atomic mass is 9.86. The monoisotopic (exact) mass is 445 g/mol. The van der Waals surface area contributed by atoms with Gasteiger partial charge in [-0.3, -0.25) is 9.59 Å². The van der Waals surface area contributed by atoms with Crippen LogP contribution in [-0.2, 0) is 14.3 Å². The van der Waals surface area contributed by atoms with Gasteiger partial charge in [0.2, 0.25) is 11.8 Å². The Morgan fingerprint density at radius 2 is 1.62 bits per heavy atom. The van der Waals surface area contributed by atoms with E-state index in [1.54, 1.807) is 25.7 Å². The fourth-order valence-electron chi connectivity index (χ4n) is 3.87. The Labute approximate surface area is 192 Å². The van der Waals surface area contributed by atoms with E-state index in [1.807, 2.05) is 52.8 Å². The minimum absolute atomic E-state index is 0.0438. The first-order valence-electron chi connectivity index (χ1n) is 11.4. The van der Waals surface area contributed by atoms with Crippen LogP contribution in [0.4, 0.5) is 4.79 Å². The Morgan fingerprint density at radius 1 is 1.06 bits per heavy atom. The number of aryl methyl sites for hydroxylation is 2. The number of nitrogens with zero attached hydrogens (tertiary/aromatic N) is 1. The van der Waals surface area contributed by atoms with Gasteiger partial charge in [-0.05, 0) is 91.3 Å². The van der Waals surface area contributed by atoms with Crippen LogP contribution in [0.1, 0.15) is 83.5 Å². The second-order valence-corrected chi connectivity index (χ2v) is 10.7. The summed E-state index contributed by atoms with van der Waals surface area (Å²) in [6, 6.07) is 5.06. The molecule has 0 radical (unpaired) electrons. The first-order valence-corrected chi connectivity index (χ1v) is 11.4. The summed E-state index contributed by atoms with van der Waals surface area (Å²) in [6.07, 6.45) is 2.03. The molecule has 0 aliphatic heterocycles. The first-order chi connectivity index (χ1) is 14.7. The molecule has 0 saturated heterocycles. The zero-order valence-electron chi connectivity index (χ0n) is 20.8. The molecule has 0 spiro atoms. The summed E-state index contributed by atoms with van der Waals surface area (Å²) in [5.74, 6) is -0.510. The third-order valence-electron chi connectivity index (χ3n) is 5.38. The number of hydrogen-bond acceptors (Lipinski definition) is 4. The third-order valence-corrected chi connectivity index (χ3v) is 5.38. The highest BCUT2D eigenvalue weighted by molar-refractivity contribution is 5.91. The average molecular weight is 446 g/mol. The number of hydrogen-bond donors (Lipinski definition) is 2. The molecule has 1 atom stereocenters. The quantitative estimate of drug-likeness (QED) is 0.688. The molecule has 7 nitrogen and oxygen atoms in total. The molecule has 3 amide bonds. The van der Waals surface area contributed by atoms with E-state index in [2.05, 4.69) is 10.6 Å². The molecular formula is C25H39N3O4. The standard InChI is InChI=1S/C25H39N3O4/c1-16-11-9-12-17(2)20(16)21(22(30)27-24(3,4)5)28(18-13-10-14-18)19(29)15-26-23(31)32-25(6,7)8/h9,11-12,18,21H,10,13-15H2,1-8H3,(H,26,31)(H,27,30). The van der Waals surface area contributed by atoms with Gasteiger partial charge in [-0.1, -0.05) is 18.2 Å². The highest BCUT2D eigenvalue weighted by Gasteiger charge is 2.40. The van der Waals surface area contributed by atoms with Gasteiger partial charge < -0.3 is 20.3 Å². The molecule has 1 saturated carbocycles. The molecule has 1 fully saturated rings. The minimum atomic E-state index is -0.770.